The van der Waals surface area contributed by atoms with Crippen molar-refractivity contribution in [2.24, 2.45) is 0 Å². The fourth-order valence-electron chi connectivity index (χ4n) is 5.61. The van der Waals surface area contributed by atoms with Crippen LogP contribution in [0.3, 0.4) is 0 Å². The van der Waals surface area contributed by atoms with Crippen molar-refractivity contribution in [3.05, 3.63) is 110 Å². The van der Waals surface area contributed by atoms with E-state index in [4.69, 9.17) is 11.6 Å². The predicted molar refractivity (Wildman–Crippen MR) is 150 cm³/mol. The van der Waals surface area contributed by atoms with Gasteiger partial charge in [0.2, 0.25) is 0 Å². The van der Waals surface area contributed by atoms with Crippen LogP contribution in [0.25, 0.3) is 22.6 Å². The number of hydrogen-bond acceptors (Lipinski definition) is 4. The first-order valence-electron chi connectivity index (χ1n) is 13.2. The van der Waals surface area contributed by atoms with E-state index in [0.717, 1.165) is 4.57 Å². The van der Waals surface area contributed by atoms with Crippen molar-refractivity contribution in [1.82, 2.24) is 29.1 Å². The van der Waals surface area contributed by atoms with Crippen LogP contribution in [0, 0.1) is 39.3 Å². The van der Waals surface area contributed by atoms with Crippen molar-refractivity contribution < 1.29 is 17.6 Å². The molecule has 5 aromatic rings. The zero-order chi connectivity index (χ0) is 30.0. The average Bonchev–Trinajstić information content (AvgIpc) is 3.42. The Morgan fingerprint density at radius 2 is 1.76 bits per heavy atom. The van der Waals surface area contributed by atoms with Gasteiger partial charge in [0.15, 0.2) is 11.6 Å². The molecule has 12 heteroatoms. The maximum absolute atomic E-state index is 16.3. The van der Waals surface area contributed by atoms with E-state index in [1.165, 1.54) is 29.3 Å². The van der Waals surface area contributed by atoms with Crippen LogP contribution in [0.2, 0.25) is 5.02 Å². The van der Waals surface area contributed by atoms with Gasteiger partial charge in [-0.25, -0.2) is 18.1 Å². The Morgan fingerprint density at radius 3 is 2.43 bits per heavy atom. The topological polar surface area (TPSA) is 70.5 Å². The first-order chi connectivity index (χ1) is 20.0. The summed E-state index contributed by atoms with van der Waals surface area (Å²) in [5.41, 5.74) is 2.42. The number of benzene rings is 1. The van der Waals surface area contributed by atoms with Crippen LogP contribution in [-0.4, -0.2) is 29.1 Å². The van der Waals surface area contributed by atoms with Crippen LogP contribution < -0.4 is 5.56 Å². The molecule has 0 aliphatic heterocycles. The largest absolute Gasteiger partial charge is 0.333 e. The molecule has 1 aliphatic carbocycles. The molecule has 0 spiro atoms. The molecule has 0 N–H and O–H groups in total. The Morgan fingerprint density at radius 1 is 1.00 bits per heavy atom. The lowest BCUT2D eigenvalue weighted by atomic mass is 10.0. The van der Waals surface area contributed by atoms with Crippen LogP contribution >= 0.6 is 11.6 Å². The van der Waals surface area contributed by atoms with E-state index in [1.807, 2.05) is 0 Å². The van der Waals surface area contributed by atoms with Crippen molar-refractivity contribution in [2.45, 2.75) is 52.5 Å². The Bertz CT molecular complexity index is 1930. The quantitative estimate of drug-likeness (QED) is 0.196. The molecule has 0 bridgehead atoms. The first kappa shape index (κ1) is 27.9. The summed E-state index contributed by atoms with van der Waals surface area (Å²) in [4.78, 5) is 17.8. The molecule has 4 heterocycles. The summed E-state index contributed by atoms with van der Waals surface area (Å²) in [5.74, 6) is -1.87. The number of aromatic nitrogens is 6. The van der Waals surface area contributed by atoms with Gasteiger partial charge in [0.1, 0.15) is 16.4 Å². The smallest absolute Gasteiger partial charge is 0.277 e. The van der Waals surface area contributed by atoms with Crippen LogP contribution in [0.15, 0.2) is 53.7 Å². The predicted octanol–water partition coefficient (Wildman–Crippen LogP) is 7.11. The van der Waals surface area contributed by atoms with E-state index in [9.17, 15) is 13.6 Å². The average molecular weight is 597 g/mol. The van der Waals surface area contributed by atoms with E-state index < -0.39 is 23.7 Å². The third kappa shape index (κ3) is 4.52. The Labute approximate surface area is 243 Å². The highest BCUT2D eigenvalue weighted by atomic mass is 35.5. The Kier molecular flexibility index (Phi) is 6.80. The molecule has 4 aromatic heterocycles. The summed E-state index contributed by atoms with van der Waals surface area (Å²) in [6.45, 7) is 4.08. The highest BCUT2D eigenvalue weighted by Crippen LogP contribution is 2.56. The van der Waals surface area contributed by atoms with E-state index in [-0.39, 0.29) is 39.5 Å². The van der Waals surface area contributed by atoms with Crippen molar-refractivity contribution in [1.29, 1.82) is 0 Å². The number of rotatable bonds is 6. The van der Waals surface area contributed by atoms with Crippen LogP contribution in [0.5, 0.6) is 0 Å². The number of nitrogens with zero attached hydrogens (tertiary/aromatic N) is 6. The zero-order valence-corrected chi connectivity index (χ0v) is 23.8. The molecule has 6 rings (SSSR count). The summed E-state index contributed by atoms with van der Waals surface area (Å²) >= 11 is 6.57. The third-order valence-corrected chi connectivity index (χ3v) is 8.05. The van der Waals surface area contributed by atoms with Crippen LogP contribution in [-0.2, 0) is 0 Å². The fraction of sp³-hybridized carbons (Fsp3) is 0.267. The van der Waals surface area contributed by atoms with Crippen LogP contribution in [0.4, 0.5) is 17.6 Å². The molecule has 0 radical (unpaired) electrons. The van der Waals surface area contributed by atoms with Gasteiger partial charge in [-0.1, -0.05) is 17.7 Å². The molecule has 2 atom stereocenters. The number of alkyl halides is 2. The van der Waals surface area contributed by atoms with Gasteiger partial charge in [-0.15, -0.1) is 0 Å². The van der Waals surface area contributed by atoms with Gasteiger partial charge in [-0.3, -0.25) is 14.3 Å². The molecule has 0 unspecified atom stereocenters. The minimum Gasteiger partial charge on any atom is -0.277 e. The molecular formula is C30H25ClF4N6O. The first-order valence-corrected chi connectivity index (χ1v) is 13.6. The molecule has 1 aromatic carbocycles. The monoisotopic (exact) mass is 596 g/mol. The van der Waals surface area contributed by atoms with Gasteiger partial charge in [-0.2, -0.15) is 19.0 Å². The van der Waals surface area contributed by atoms with Crippen molar-refractivity contribution in [2.75, 3.05) is 0 Å². The van der Waals surface area contributed by atoms with Crippen molar-refractivity contribution in [3.63, 3.8) is 0 Å². The van der Waals surface area contributed by atoms with E-state index in [2.05, 4.69) is 15.2 Å². The number of halogens is 5. The van der Waals surface area contributed by atoms with E-state index in [1.54, 1.807) is 52.0 Å². The number of hydrogen-bond donors (Lipinski definition) is 0. The second-order valence-corrected chi connectivity index (χ2v) is 11.0. The molecule has 1 aliphatic rings. The summed E-state index contributed by atoms with van der Waals surface area (Å²) < 4.78 is 61.3. The summed E-state index contributed by atoms with van der Waals surface area (Å²) in [6.07, 6.45) is 4.67. The molecule has 1 saturated carbocycles. The highest BCUT2D eigenvalue weighted by Gasteiger charge is 2.42. The third-order valence-electron chi connectivity index (χ3n) is 7.67. The molecule has 1 fully saturated rings. The van der Waals surface area contributed by atoms with Gasteiger partial charge in [0.05, 0.1) is 17.6 Å². The normalized spacial score (nSPS) is 16.4. The molecule has 7 nitrogen and oxygen atoms in total. The van der Waals surface area contributed by atoms with Gasteiger partial charge in [0.25, 0.3) is 5.56 Å². The lowest BCUT2D eigenvalue weighted by Gasteiger charge is -2.18. The van der Waals surface area contributed by atoms with E-state index in [0.29, 0.717) is 44.9 Å². The Hall–Kier alpha value is -4.25. The number of aryl methyl sites for hydroxylation is 4. The van der Waals surface area contributed by atoms with Crippen molar-refractivity contribution >= 4 is 11.6 Å². The minimum absolute atomic E-state index is 0.0857. The van der Waals surface area contributed by atoms with Crippen molar-refractivity contribution in [3.8, 4) is 22.6 Å². The zero-order valence-electron chi connectivity index (χ0n) is 23.0. The second kappa shape index (κ2) is 10.2. The molecule has 0 saturated heterocycles. The second-order valence-electron chi connectivity index (χ2n) is 10.6. The van der Waals surface area contributed by atoms with E-state index >= 15 is 8.78 Å². The molecule has 42 heavy (non-hydrogen) atoms. The Balaban J connectivity index is 1.42. The standard InChI is InChI=1S/C30H25ClF4N6O/c1-14-11-36-27(19-6-5-7-23(25(19)32)41-17(4)8-15(2)38-41)26(33)28(14)40-16(3)9-22(24(31)29(40)42)21-10-20(21)18-12-37-39(13-18)30(34)35/h5-9,11-13,20-21,30H,10H2,1-4H3/t20-,21+/m1/s1. The maximum atomic E-state index is 16.3. The van der Waals surface area contributed by atoms with Gasteiger partial charge in [0, 0.05) is 29.3 Å². The lowest BCUT2D eigenvalue weighted by molar-refractivity contribution is 0.0565. The number of pyridine rings is 2. The van der Waals surface area contributed by atoms with Gasteiger partial charge >= 0.3 is 6.55 Å². The minimum atomic E-state index is -2.75. The lowest BCUT2D eigenvalue weighted by Crippen LogP contribution is -2.24. The summed E-state index contributed by atoms with van der Waals surface area (Å²) in [5, 5.41) is 7.93. The molecule has 0 amide bonds. The van der Waals surface area contributed by atoms with Gasteiger partial charge in [-0.05, 0) is 86.9 Å². The molecular weight excluding hydrogens is 572 g/mol. The summed E-state index contributed by atoms with van der Waals surface area (Å²) in [6, 6.07) is 8.06. The van der Waals surface area contributed by atoms with Gasteiger partial charge < -0.3 is 0 Å². The maximum Gasteiger partial charge on any atom is 0.333 e. The fourth-order valence-corrected chi connectivity index (χ4v) is 5.89. The SMILES string of the molecule is Cc1cc(C)n(-c2cccc(-c3ncc(C)c(-n4c(C)cc([C@H]5C[C@@H]5c5cnn(C(F)F)c5)c(Cl)c4=O)c3F)c2F)n1. The molecule has 216 valence electrons. The highest BCUT2D eigenvalue weighted by molar-refractivity contribution is 6.31. The van der Waals surface area contributed by atoms with Crippen LogP contribution in [0.1, 0.15) is 58.6 Å². The summed E-state index contributed by atoms with van der Waals surface area (Å²) in [7, 11) is 0.